The van der Waals surface area contributed by atoms with Gasteiger partial charge in [0.15, 0.2) is 6.10 Å². The van der Waals surface area contributed by atoms with Crippen LogP contribution in [0.25, 0.3) is 0 Å². The average Bonchev–Trinajstić information content (AvgIpc) is 3.02. The normalized spacial score (nSPS) is 13.7. The van der Waals surface area contributed by atoms with Crippen molar-refractivity contribution in [1.29, 1.82) is 0 Å². The maximum Gasteiger partial charge on any atom is 0.472 e. The zero-order valence-corrected chi connectivity index (χ0v) is 32.9. The standard InChI is InChI=1S/C38H76NO8P/c1-6-8-10-11-12-13-14-15-16-17-18-19-20-21-22-23-24-25-26-27-29-31-38(41)47-36(34-44-37(40)30-28-9-7-2)35-46-48(42,43)45-33-32-39(3,4)5/h36H,6-35H2,1-5H3/p+1. The van der Waals surface area contributed by atoms with Gasteiger partial charge in [0.2, 0.25) is 0 Å². The zero-order valence-electron chi connectivity index (χ0n) is 32.0. The highest BCUT2D eigenvalue weighted by Crippen LogP contribution is 2.43. The van der Waals surface area contributed by atoms with Crippen molar-refractivity contribution in [1.82, 2.24) is 0 Å². The minimum atomic E-state index is -4.35. The lowest BCUT2D eigenvalue weighted by atomic mass is 10.0. The Hall–Kier alpha value is -0.990. The summed E-state index contributed by atoms with van der Waals surface area (Å²) in [5.74, 6) is -0.817. The maximum atomic E-state index is 12.5. The number of hydrogen-bond acceptors (Lipinski definition) is 7. The first kappa shape index (κ1) is 47.0. The summed E-state index contributed by atoms with van der Waals surface area (Å²) in [7, 11) is 1.48. The summed E-state index contributed by atoms with van der Waals surface area (Å²) in [5, 5.41) is 0. The van der Waals surface area contributed by atoms with Gasteiger partial charge in [-0.3, -0.25) is 18.6 Å². The lowest BCUT2D eigenvalue weighted by Crippen LogP contribution is -2.37. The summed E-state index contributed by atoms with van der Waals surface area (Å²) in [5.41, 5.74) is 0. The van der Waals surface area contributed by atoms with Gasteiger partial charge in [0, 0.05) is 12.8 Å². The van der Waals surface area contributed by atoms with Gasteiger partial charge in [-0.1, -0.05) is 155 Å². The smallest absolute Gasteiger partial charge is 0.462 e. The van der Waals surface area contributed by atoms with Crippen molar-refractivity contribution in [3.05, 3.63) is 0 Å². The molecule has 0 bridgehead atoms. The van der Waals surface area contributed by atoms with E-state index < -0.39 is 26.5 Å². The molecule has 0 saturated carbocycles. The molecule has 10 heteroatoms. The van der Waals surface area contributed by atoms with Gasteiger partial charge in [0.1, 0.15) is 19.8 Å². The van der Waals surface area contributed by atoms with E-state index in [1.54, 1.807) is 0 Å². The van der Waals surface area contributed by atoms with Crippen LogP contribution in [-0.4, -0.2) is 74.9 Å². The van der Waals surface area contributed by atoms with Crippen LogP contribution in [-0.2, 0) is 32.7 Å². The molecule has 0 fully saturated rings. The first-order valence-corrected chi connectivity index (χ1v) is 21.3. The van der Waals surface area contributed by atoms with Crippen molar-refractivity contribution in [2.45, 2.75) is 187 Å². The molecule has 0 amide bonds. The molecular formula is C38H77NO8P+. The van der Waals surface area contributed by atoms with Crippen molar-refractivity contribution in [3.8, 4) is 0 Å². The van der Waals surface area contributed by atoms with E-state index in [1.807, 2.05) is 21.1 Å². The predicted octanol–water partition coefficient (Wildman–Crippen LogP) is 10.5. The highest BCUT2D eigenvalue weighted by atomic mass is 31.2. The first-order chi connectivity index (χ1) is 23.0. The number of likely N-dealkylation sites (N-methyl/N-ethyl adjacent to an activating group) is 1. The summed E-state index contributed by atoms with van der Waals surface area (Å²) >= 11 is 0. The Bertz CT molecular complexity index is 804. The molecule has 2 unspecified atom stereocenters. The van der Waals surface area contributed by atoms with E-state index in [-0.39, 0.29) is 32.0 Å². The second-order valence-corrected chi connectivity index (χ2v) is 16.1. The predicted molar refractivity (Wildman–Crippen MR) is 197 cm³/mol. The largest absolute Gasteiger partial charge is 0.472 e. The van der Waals surface area contributed by atoms with Crippen LogP contribution in [0.5, 0.6) is 0 Å². The van der Waals surface area contributed by atoms with E-state index in [1.165, 1.54) is 116 Å². The fraction of sp³-hybridized carbons (Fsp3) is 0.947. The molecule has 1 N–H and O–H groups in total. The van der Waals surface area contributed by atoms with Crippen LogP contribution in [0.2, 0.25) is 0 Å². The van der Waals surface area contributed by atoms with Crippen LogP contribution >= 0.6 is 7.82 Å². The number of ether oxygens (including phenoxy) is 2. The van der Waals surface area contributed by atoms with Crippen molar-refractivity contribution >= 4 is 19.8 Å². The molecule has 0 rings (SSSR count). The SMILES string of the molecule is CCCCCCCCCCCCCCCCCCCCCCCC(=O)OC(COC(=O)CCCCC)COP(=O)(O)OCC[N+](C)(C)C. The molecule has 0 aromatic rings. The van der Waals surface area contributed by atoms with Crippen molar-refractivity contribution < 1.29 is 42.1 Å². The number of rotatable bonds is 36. The zero-order chi connectivity index (χ0) is 35.8. The molecular weight excluding hydrogens is 629 g/mol. The first-order valence-electron chi connectivity index (χ1n) is 19.8. The van der Waals surface area contributed by atoms with Gasteiger partial charge in [0.25, 0.3) is 0 Å². The maximum absolute atomic E-state index is 12.5. The lowest BCUT2D eigenvalue weighted by molar-refractivity contribution is -0.870. The van der Waals surface area contributed by atoms with Crippen LogP contribution < -0.4 is 0 Å². The van der Waals surface area contributed by atoms with Gasteiger partial charge in [-0.2, -0.15) is 0 Å². The van der Waals surface area contributed by atoms with E-state index in [0.29, 0.717) is 11.0 Å². The van der Waals surface area contributed by atoms with E-state index in [9.17, 15) is 19.0 Å². The highest BCUT2D eigenvalue weighted by molar-refractivity contribution is 7.47. The molecule has 0 heterocycles. The molecule has 0 aliphatic rings. The minimum Gasteiger partial charge on any atom is -0.462 e. The summed E-state index contributed by atoms with van der Waals surface area (Å²) < 4.78 is 33.8. The molecule has 0 saturated heterocycles. The van der Waals surface area contributed by atoms with Crippen molar-refractivity contribution in [2.24, 2.45) is 0 Å². The van der Waals surface area contributed by atoms with Gasteiger partial charge in [-0.05, 0) is 12.8 Å². The third-order valence-corrected chi connectivity index (χ3v) is 9.62. The summed E-state index contributed by atoms with van der Waals surface area (Å²) in [6.45, 7) is 4.26. The number of phosphoric ester groups is 1. The van der Waals surface area contributed by atoms with Crippen molar-refractivity contribution in [2.75, 3.05) is 47.5 Å². The third kappa shape index (κ3) is 34.9. The lowest BCUT2D eigenvalue weighted by Gasteiger charge is -2.24. The van der Waals surface area contributed by atoms with Crippen LogP contribution in [0.15, 0.2) is 0 Å². The number of nitrogens with zero attached hydrogens (tertiary/aromatic N) is 1. The quantitative estimate of drug-likeness (QED) is 0.0297. The van der Waals surface area contributed by atoms with E-state index >= 15 is 0 Å². The Labute approximate surface area is 295 Å². The molecule has 286 valence electrons. The van der Waals surface area contributed by atoms with Gasteiger partial charge in [-0.15, -0.1) is 0 Å². The highest BCUT2D eigenvalue weighted by Gasteiger charge is 2.27. The summed E-state index contributed by atoms with van der Waals surface area (Å²) in [4.78, 5) is 34.7. The Morgan fingerprint density at radius 3 is 1.38 bits per heavy atom. The summed E-state index contributed by atoms with van der Waals surface area (Å²) in [6, 6.07) is 0. The molecule has 0 aromatic heterocycles. The monoisotopic (exact) mass is 707 g/mol. The Balaban J connectivity index is 4.02. The van der Waals surface area contributed by atoms with Crippen LogP contribution in [0.1, 0.15) is 181 Å². The van der Waals surface area contributed by atoms with Crippen molar-refractivity contribution in [3.63, 3.8) is 0 Å². The molecule has 0 radical (unpaired) electrons. The topological polar surface area (TPSA) is 108 Å². The Morgan fingerprint density at radius 1 is 0.562 bits per heavy atom. The summed E-state index contributed by atoms with van der Waals surface area (Å²) in [6.07, 6.45) is 29.5. The second kappa shape index (κ2) is 32.0. The second-order valence-electron chi connectivity index (χ2n) is 14.7. The number of hydrogen-bond donors (Lipinski definition) is 1. The molecule has 0 aliphatic carbocycles. The molecule has 9 nitrogen and oxygen atoms in total. The molecule has 0 aromatic carbocycles. The number of carbonyl (C=O) groups is 2. The molecule has 48 heavy (non-hydrogen) atoms. The van der Waals surface area contributed by atoms with E-state index in [2.05, 4.69) is 13.8 Å². The molecule has 0 aliphatic heterocycles. The number of esters is 2. The van der Waals surface area contributed by atoms with E-state index in [4.69, 9.17) is 18.5 Å². The van der Waals surface area contributed by atoms with Crippen LogP contribution in [0, 0.1) is 0 Å². The van der Waals surface area contributed by atoms with E-state index in [0.717, 1.165) is 38.5 Å². The molecule has 0 spiro atoms. The van der Waals surface area contributed by atoms with Gasteiger partial charge >= 0.3 is 19.8 Å². The average molecular weight is 707 g/mol. The van der Waals surface area contributed by atoms with Crippen LogP contribution in [0.3, 0.4) is 0 Å². The Kier molecular flexibility index (Phi) is 31.3. The fourth-order valence-corrected chi connectivity index (χ4v) is 6.23. The number of unbranched alkanes of at least 4 members (excludes halogenated alkanes) is 22. The fourth-order valence-electron chi connectivity index (χ4n) is 5.48. The third-order valence-electron chi connectivity index (χ3n) is 8.64. The Morgan fingerprint density at radius 2 is 0.938 bits per heavy atom. The molecule has 2 atom stereocenters. The number of quaternary nitrogens is 1. The minimum absolute atomic E-state index is 0.0353. The number of phosphoric acid groups is 1. The van der Waals surface area contributed by atoms with Gasteiger partial charge in [0.05, 0.1) is 27.7 Å². The van der Waals surface area contributed by atoms with Gasteiger partial charge < -0.3 is 18.9 Å². The van der Waals surface area contributed by atoms with Crippen LogP contribution in [0.4, 0.5) is 0 Å². The van der Waals surface area contributed by atoms with Gasteiger partial charge in [-0.25, -0.2) is 4.57 Å². The number of carbonyl (C=O) groups excluding carboxylic acids is 2.